The summed E-state index contributed by atoms with van der Waals surface area (Å²) in [5, 5.41) is 0.951. The van der Waals surface area contributed by atoms with Crippen molar-refractivity contribution in [3.05, 3.63) is 30.3 Å². The standard InChI is InChI=1S/C9H9N3.2ClH/c10-7-5-9(11)12-8-4-2-1-3-6(7)8;;/h1-5H,(H4,10,11,12);2*1H. The van der Waals surface area contributed by atoms with Crippen molar-refractivity contribution in [1.29, 1.82) is 0 Å². The molecule has 0 aliphatic carbocycles. The summed E-state index contributed by atoms with van der Waals surface area (Å²) in [7, 11) is 0. The molecule has 1 heterocycles. The normalized spacial score (nSPS) is 8.86. The van der Waals surface area contributed by atoms with Gasteiger partial charge in [-0.2, -0.15) is 0 Å². The van der Waals surface area contributed by atoms with Gasteiger partial charge in [-0.15, -0.1) is 24.8 Å². The Bertz CT molecular complexity index is 431. The van der Waals surface area contributed by atoms with E-state index in [0.717, 1.165) is 10.9 Å². The molecule has 0 unspecified atom stereocenters. The third-order valence-electron chi connectivity index (χ3n) is 1.77. The zero-order valence-corrected chi connectivity index (χ0v) is 8.94. The molecule has 0 amide bonds. The lowest BCUT2D eigenvalue weighted by atomic mass is 10.2. The van der Waals surface area contributed by atoms with Gasteiger partial charge in [0.15, 0.2) is 0 Å². The van der Waals surface area contributed by atoms with Crippen LogP contribution in [0, 0.1) is 0 Å². The Hall–Kier alpha value is -1.19. The monoisotopic (exact) mass is 231 g/mol. The van der Waals surface area contributed by atoms with E-state index in [1.807, 2.05) is 24.3 Å². The summed E-state index contributed by atoms with van der Waals surface area (Å²) < 4.78 is 0. The average molecular weight is 232 g/mol. The summed E-state index contributed by atoms with van der Waals surface area (Å²) in [5.74, 6) is 0.464. The second kappa shape index (κ2) is 4.88. The number of benzene rings is 1. The van der Waals surface area contributed by atoms with Gasteiger partial charge in [0.25, 0.3) is 0 Å². The number of hydrogen-bond acceptors (Lipinski definition) is 3. The fourth-order valence-electron chi connectivity index (χ4n) is 1.22. The fourth-order valence-corrected chi connectivity index (χ4v) is 1.22. The molecule has 0 fully saturated rings. The van der Waals surface area contributed by atoms with Crippen molar-refractivity contribution in [2.75, 3.05) is 11.5 Å². The number of anilines is 2. The topological polar surface area (TPSA) is 64.9 Å². The lowest BCUT2D eigenvalue weighted by molar-refractivity contribution is 1.42. The van der Waals surface area contributed by atoms with Crippen molar-refractivity contribution < 1.29 is 0 Å². The molecule has 1 aromatic carbocycles. The van der Waals surface area contributed by atoms with Crippen molar-refractivity contribution in [2.24, 2.45) is 0 Å². The van der Waals surface area contributed by atoms with E-state index >= 15 is 0 Å². The molecule has 5 heteroatoms. The van der Waals surface area contributed by atoms with Gasteiger partial charge in [0.2, 0.25) is 0 Å². The van der Waals surface area contributed by atoms with Gasteiger partial charge in [0.1, 0.15) is 5.82 Å². The first-order valence-corrected chi connectivity index (χ1v) is 3.68. The number of halogens is 2. The van der Waals surface area contributed by atoms with Crippen molar-refractivity contribution in [2.45, 2.75) is 0 Å². The third-order valence-corrected chi connectivity index (χ3v) is 1.77. The molecule has 2 aromatic rings. The van der Waals surface area contributed by atoms with E-state index in [1.54, 1.807) is 6.07 Å². The maximum absolute atomic E-state index is 5.74. The average Bonchev–Trinajstić information content (AvgIpc) is 2.04. The zero-order chi connectivity index (χ0) is 8.55. The van der Waals surface area contributed by atoms with Crippen LogP contribution < -0.4 is 11.5 Å². The van der Waals surface area contributed by atoms with Crippen LogP contribution in [-0.2, 0) is 0 Å². The number of hydrogen-bond donors (Lipinski definition) is 2. The number of nitrogens with zero attached hydrogens (tertiary/aromatic N) is 1. The Morgan fingerprint density at radius 1 is 1.00 bits per heavy atom. The van der Waals surface area contributed by atoms with Gasteiger partial charge in [-0.3, -0.25) is 0 Å². The predicted molar refractivity (Wildman–Crippen MR) is 65.1 cm³/mol. The summed E-state index contributed by atoms with van der Waals surface area (Å²) in [6, 6.07) is 9.33. The molecule has 0 bridgehead atoms. The molecule has 1 aromatic heterocycles. The highest BCUT2D eigenvalue weighted by Crippen LogP contribution is 2.20. The predicted octanol–water partition coefficient (Wildman–Crippen LogP) is 2.24. The first kappa shape index (κ1) is 12.8. The highest BCUT2D eigenvalue weighted by molar-refractivity contribution is 5.91. The van der Waals surface area contributed by atoms with Gasteiger partial charge in [0.05, 0.1) is 5.52 Å². The number of aromatic nitrogens is 1. The smallest absolute Gasteiger partial charge is 0.126 e. The number of pyridine rings is 1. The summed E-state index contributed by atoms with van der Waals surface area (Å²) >= 11 is 0. The Morgan fingerprint density at radius 3 is 2.36 bits per heavy atom. The first-order valence-electron chi connectivity index (χ1n) is 3.68. The second-order valence-electron chi connectivity index (χ2n) is 2.65. The highest BCUT2D eigenvalue weighted by Gasteiger charge is 1.98. The van der Waals surface area contributed by atoms with Crippen molar-refractivity contribution in [3.8, 4) is 0 Å². The van der Waals surface area contributed by atoms with Crippen LogP contribution in [0.25, 0.3) is 10.9 Å². The minimum Gasteiger partial charge on any atom is -0.398 e. The van der Waals surface area contributed by atoms with Crippen molar-refractivity contribution in [1.82, 2.24) is 4.98 Å². The molecule has 2 rings (SSSR count). The molecule has 14 heavy (non-hydrogen) atoms. The van der Waals surface area contributed by atoms with Gasteiger partial charge >= 0.3 is 0 Å². The van der Waals surface area contributed by atoms with Crippen molar-refractivity contribution >= 4 is 47.2 Å². The number of nitrogens with two attached hydrogens (primary N) is 2. The number of para-hydroxylation sites is 1. The molecule has 4 N–H and O–H groups in total. The van der Waals surface area contributed by atoms with Gasteiger partial charge in [-0.05, 0) is 6.07 Å². The fraction of sp³-hybridized carbons (Fsp3) is 0. The van der Waals surface area contributed by atoms with Crippen LogP contribution in [0.3, 0.4) is 0 Å². The van der Waals surface area contributed by atoms with Crippen LogP contribution in [-0.4, -0.2) is 4.98 Å². The second-order valence-corrected chi connectivity index (χ2v) is 2.65. The van der Waals surface area contributed by atoms with Crippen LogP contribution in [0.2, 0.25) is 0 Å². The minimum atomic E-state index is 0. The van der Waals surface area contributed by atoms with Gasteiger partial charge in [-0.1, -0.05) is 18.2 Å². The lowest BCUT2D eigenvalue weighted by Crippen LogP contribution is -1.94. The maximum Gasteiger partial charge on any atom is 0.126 e. The molecule has 3 nitrogen and oxygen atoms in total. The molecule has 0 saturated heterocycles. The van der Waals surface area contributed by atoms with Crippen molar-refractivity contribution in [3.63, 3.8) is 0 Å². The summed E-state index contributed by atoms with van der Waals surface area (Å²) in [6.45, 7) is 0. The lowest BCUT2D eigenvalue weighted by Gasteiger charge is -2.01. The van der Waals surface area contributed by atoms with E-state index < -0.39 is 0 Å². The van der Waals surface area contributed by atoms with E-state index in [4.69, 9.17) is 11.5 Å². The number of rotatable bonds is 0. The van der Waals surface area contributed by atoms with Crippen LogP contribution in [0.5, 0.6) is 0 Å². The molecule has 0 radical (unpaired) electrons. The molecule has 76 valence electrons. The number of nitrogen functional groups attached to an aromatic ring is 2. The van der Waals surface area contributed by atoms with E-state index in [-0.39, 0.29) is 24.8 Å². The van der Waals surface area contributed by atoms with Gasteiger partial charge in [0, 0.05) is 17.1 Å². The molecular weight excluding hydrogens is 221 g/mol. The zero-order valence-electron chi connectivity index (χ0n) is 7.31. The Labute approximate surface area is 94.3 Å². The largest absolute Gasteiger partial charge is 0.398 e. The Kier molecular flexibility index (Phi) is 4.47. The van der Waals surface area contributed by atoms with Crippen LogP contribution in [0.4, 0.5) is 11.5 Å². The van der Waals surface area contributed by atoms with Crippen LogP contribution in [0.1, 0.15) is 0 Å². The van der Waals surface area contributed by atoms with E-state index in [9.17, 15) is 0 Å². The quantitative estimate of drug-likeness (QED) is 0.732. The highest BCUT2D eigenvalue weighted by atomic mass is 35.5. The van der Waals surface area contributed by atoms with Crippen LogP contribution in [0.15, 0.2) is 30.3 Å². The minimum absolute atomic E-state index is 0. The van der Waals surface area contributed by atoms with Crippen LogP contribution >= 0.6 is 24.8 Å². The Balaban J connectivity index is 0.000000845. The van der Waals surface area contributed by atoms with Gasteiger partial charge in [-0.25, -0.2) is 4.98 Å². The summed E-state index contributed by atoms with van der Waals surface area (Å²) in [5.41, 5.74) is 12.8. The molecule has 0 atom stereocenters. The molecule has 0 saturated carbocycles. The summed E-state index contributed by atoms with van der Waals surface area (Å²) in [6.07, 6.45) is 0. The maximum atomic E-state index is 5.74. The van der Waals surface area contributed by atoms with Gasteiger partial charge < -0.3 is 11.5 Å². The van der Waals surface area contributed by atoms with E-state index in [1.165, 1.54) is 0 Å². The SMILES string of the molecule is Cl.Cl.Nc1cc(N)c2ccccc2n1. The van der Waals surface area contributed by atoms with E-state index in [2.05, 4.69) is 4.98 Å². The molecule has 0 spiro atoms. The molecule has 0 aliphatic heterocycles. The third kappa shape index (κ3) is 2.19. The molecule has 0 aliphatic rings. The van der Waals surface area contributed by atoms with E-state index in [0.29, 0.717) is 11.5 Å². The Morgan fingerprint density at radius 2 is 1.64 bits per heavy atom. The first-order chi connectivity index (χ1) is 5.77. The summed E-state index contributed by atoms with van der Waals surface area (Å²) in [4.78, 5) is 4.13. The molecular formula is C9H11Cl2N3. The number of fused-ring (bicyclic) bond motifs is 1.